The topological polar surface area (TPSA) is 50.4 Å². The van der Waals surface area contributed by atoms with Crippen molar-refractivity contribution < 1.29 is 14.3 Å². The minimum atomic E-state index is -1.03. The van der Waals surface area contributed by atoms with Crippen LogP contribution in [0.15, 0.2) is 23.0 Å². The molecule has 2 rings (SSSR count). The maximum Gasteiger partial charge on any atom is 0.139 e. The fourth-order valence-electron chi connectivity index (χ4n) is 3.19. The van der Waals surface area contributed by atoms with Crippen LogP contribution in [0.25, 0.3) is 0 Å². The van der Waals surface area contributed by atoms with Crippen LogP contribution in [0.1, 0.15) is 45.6 Å². The standard InChI is InChI=1S/C15H22O3/c1-10(2)8-13(16)14-11(3)4-6-15(14,17)12-5-7-18-9-12/h5,7,9-11,14,17H,4,6,8H2,1-3H3/t11-,14-,15-/m0/s1. The Morgan fingerprint density at radius 2 is 2.33 bits per heavy atom. The summed E-state index contributed by atoms with van der Waals surface area (Å²) in [4.78, 5) is 12.4. The Balaban J connectivity index is 2.27. The Bertz CT molecular complexity index is 407. The average molecular weight is 250 g/mol. The highest BCUT2D eigenvalue weighted by Gasteiger charge is 2.50. The molecule has 0 aliphatic heterocycles. The SMILES string of the molecule is CC(C)CC(=O)[C@@H]1[C@@H](C)CC[C@]1(O)c1ccoc1. The van der Waals surface area contributed by atoms with Crippen LogP contribution in [-0.4, -0.2) is 10.9 Å². The first-order valence-corrected chi connectivity index (χ1v) is 6.73. The summed E-state index contributed by atoms with van der Waals surface area (Å²) in [6.07, 6.45) is 5.18. The predicted molar refractivity (Wildman–Crippen MR) is 69.0 cm³/mol. The molecule has 100 valence electrons. The molecule has 1 aromatic heterocycles. The van der Waals surface area contributed by atoms with Gasteiger partial charge in [0, 0.05) is 12.0 Å². The molecular formula is C15H22O3. The third-order valence-corrected chi connectivity index (χ3v) is 4.04. The molecule has 3 nitrogen and oxygen atoms in total. The van der Waals surface area contributed by atoms with E-state index in [1.165, 1.54) is 0 Å². The molecule has 0 unspecified atom stereocenters. The zero-order valence-corrected chi connectivity index (χ0v) is 11.3. The number of aliphatic hydroxyl groups is 1. The highest BCUT2D eigenvalue weighted by atomic mass is 16.3. The van der Waals surface area contributed by atoms with Gasteiger partial charge in [-0.1, -0.05) is 20.8 Å². The monoisotopic (exact) mass is 250 g/mol. The van der Waals surface area contributed by atoms with Crippen molar-refractivity contribution in [1.29, 1.82) is 0 Å². The first-order chi connectivity index (χ1) is 8.45. The lowest BCUT2D eigenvalue weighted by molar-refractivity contribution is -0.133. The van der Waals surface area contributed by atoms with E-state index in [-0.39, 0.29) is 17.6 Å². The van der Waals surface area contributed by atoms with Crippen molar-refractivity contribution in [2.24, 2.45) is 17.8 Å². The van der Waals surface area contributed by atoms with Gasteiger partial charge in [0.25, 0.3) is 0 Å². The van der Waals surface area contributed by atoms with Crippen molar-refractivity contribution in [2.75, 3.05) is 0 Å². The van der Waals surface area contributed by atoms with Crippen LogP contribution in [0.5, 0.6) is 0 Å². The number of carbonyl (C=O) groups is 1. The molecule has 0 spiro atoms. The lowest BCUT2D eigenvalue weighted by Gasteiger charge is -2.30. The summed E-state index contributed by atoms with van der Waals surface area (Å²) in [7, 11) is 0. The number of Topliss-reactive ketones (excluding diaryl/α,β-unsaturated/α-hetero) is 1. The van der Waals surface area contributed by atoms with E-state index in [9.17, 15) is 9.90 Å². The van der Waals surface area contributed by atoms with Crippen molar-refractivity contribution in [1.82, 2.24) is 0 Å². The minimum absolute atomic E-state index is 0.179. The molecule has 1 fully saturated rings. The molecular weight excluding hydrogens is 228 g/mol. The van der Waals surface area contributed by atoms with Crippen molar-refractivity contribution in [3.8, 4) is 0 Å². The Kier molecular flexibility index (Phi) is 3.62. The molecule has 3 atom stereocenters. The zero-order chi connectivity index (χ0) is 13.3. The van der Waals surface area contributed by atoms with Gasteiger partial charge in [0.1, 0.15) is 11.4 Å². The van der Waals surface area contributed by atoms with Crippen molar-refractivity contribution >= 4 is 5.78 Å². The van der Waals surface area contributed by atoms with Crippen LogP contribution < -0.4 is 0 Å². The van der Waals surface area contributed by atoms with Gasteiger partial charge in [-0.25, -0.2) is 0 Å². The van der Waals surface area contributed by atoms with Crippen LogP contribution >= 0.6 is 0 Å². The number of ketones is 1. The summed E-state index contributed by atoms with van der Waals surface area (Å²) in [5, 5.41) is 10.9. The Labute approximate surface area is 108 Å². The number of rotatable bonds is 4. The number of carbonyl (C=O) groups excluding carboxylic acids is 1. The van der Waals surface area contributed by atoms with Gasteiger partial charge in [-0.2, -0.15) is 0 Å². The quantitative estimate of drug-likeness (QED) is 0.893. The average Bonchev–Trinajstić information content (AvgIpc) is 2.86. The summed E-state index contributed by atoms with van der Waals surface area (Å²) in [6, 6.07) is 1.77. The van der Waals surface area contributed by atoms with E-state index in [1.54, 1.807) is 18.6 Å². The molecule has 0 bridgehead atoms. The maximum atomic E-state index is 12.4. The summed E-state index contributed by atoms with van der Waals surface area (Å²) in [5.74, 6) is 0.450. The van der Waals surface area contributed by atoms with E-state index in [4.69, 9.17) is 4.42 Å². The molecule has 1 N–H and O–H groups in total. The summed E-state index contributed by atoms with van der Waals surface area (Å²) in [6.45, 7) is 6.13. The van der Waals surface area contributed by atoms with Gasteiger partial charge in [0.15, 0.2) is 0 Å². The van der Waals surface area contributed by atoms with Crippen LogP contribution in [0.4, 0.5) is 0 Å². The molecule has 1 heterocycles. The van der Waals surface area contributed by atoms with Gasteiger partial charge in [0.05, 0.1) is 18.4 Å². The highest BCUT2D eigenvalue weighted by molar-refractivity contribution is 5.83. The van der Waals surface area contributed by atoms with E-state index in [2.05, 4.69) is 6.92 Å². The Hall–Kier alpha value is -1.09. The molecule has 1 aliphatic carbocycles. The van der Waals surface area contributed by atoms with Crippen LogP contribution in [0, 0.1) is 17.8 Å². The number of furan rings is 1. The first kappa shape index (κ1) is 13.3. The molecule has 0 radical (unpaired) electrons. The van der Waals surface area contributed by atoms with E-state index < -0.39 is 5.60 Å². The molecule has 0 amide bonds. The fourth-order valence-corrected chi connectivity index (χ4v) is 3.19. The van der Waals surface area contributed by atoms with Gasteiger partial charge in [-0.05, 0) is 30.7 Å². The number of hydrogen-bond acceptors (Lipinski definition) is 3. The smallest absolute Gasteiger partial charge is 0.139 e. The van der Waals surface area contributed by atoms with Crippen molar-refractivity contribution in [3.05, 3.63) is 24.2 Å². The Morgan fingerprint density at radius 3 is 2.89 bits per heavy atom. The second kappa shape index (κ2) is 4.88. The largest absolute Gasteiger partial charge is 0.472 e. The van der Waals surface area contributed by atoms with Gasteiger partial charge < -0.3 is 9.52 Å². The lowest BCUT2D eigenvalue weighted by Crippen LogP contribution is -2.38. The number of hydrogen-bond donors (Lipinski definition) is 1. The molecule has 0 saturated heterocycles. The van der Waals surface area contributed by atoms with E-state index >= 15 is 0 Å². The summed E-state index contributed by atoms with van der Waals surface area (Å²) < 4.78 is 5.07. The van der Waals surface area contributed by atoms with Gasteiger partial charge >= 0.3 is 0 Å². The van der Waals surface area contributed by atoms with Crippen LogP contribution in [0.2, 0.25) is 0 Å². The highest BCUT2D eigenvalue weighted by Crippen LogP contribution is 2.48. The van der Waals surface area contributed by atoms with Crippen LogP contribution in [-0.2, 0) is 10.4 Å². The maximum absolute atomic E-state index is 12.4. The van der Waals surface area contributed by atoms with E-state index in [1.807, 2.05) is 13.8 Å². The van der Waals surface area contributed by atoms with Crippen LogP contribution in [0.3, 0.4) is 0 Å². The molecule has 1 saturated carbocycles. The van der Waals surface area contributed by atoms with E-state index in [0.717, 1.165) is 12.0 Å². The zero-order valence-electron chi connectivity index (χ0n) is 11.3. The van der Waals surface area contributed by atoms with Gasteiger partial charge in [0.2, 0.25) is 0 Å². The van der Waals surface area contributed by atoms with Crippen molar-refractivity contribution in [2.45, 2.75) is 45.6 Å². The third-order valence-electron chi connectivity index (χ3n) is 4.04. The Morgan fingerprint density at radius 1 is 1.61 bits per heavy atom. The molecule has 18 heavy (non-hydrogen) atoms. The summed E-state index contributed by atoms with van der Waals surface area (Å²) >= 11 is 0. The second-order valence-corrected chi connectivity index (χ2v) is 5.99. The van der Waals surface area contributed by atoms with Gasteiger partial charge in [-0.3, -0.25) is 4.79 Å². The van der Waals surface area contributed by atoms with Crippen molar-refractivity contribution in [3.63, 3.8) is 0 Å². The predicted octanol–water partition coefficient (Wildman–Crippen LogP) is 3.13. The normalized spacial score (nSPS) is 32.1. The third kappa shape index (κ3) is 2.24. The minimum Gasteiger partial charge on any atom is -0.472 e. The second-order valence-electron chi connectivity index (χ2n) is 5.99. The molecule has 1 aromatic rings. The fraction of sp³-hybridized carbons (Fsp3) is 0.667. The first-order valence-electron chi connectivity index (χ1n) is 6.73. The molecule has 3 heteroatoms. The van der Waals surface area contributed by atoms with E-state index in [0.29, 0.717) is 18.8 Å². The van der Waals surface area contributed by atoms with Gasteiger partial charge in [-0.15, -0.1) is 0 Å². The molecule has 1 aliphatic rings. The molecule has 0 aromatic carbocycles. The summed E-state index contributed by atoms with van der Waals surface area (Å²) in [5.41, 5.74) is -0.285. The lowest BCUT2D eigenvalue weighted by atomic mass is 9.77.